The molecule has 14 nitrogen and oxygen atoms in total. The third-order valence-electron chi connectivity index (χ3n) is 5.68. The van der Waals surface area contributed by atoms with Crippen LogP contribution >= 0.6 is 0 Å². The maximum Gasteiger partial charge on any atom is 0.414 e. The lowest BCUT2D eigenvalue weighted by atomic mass is 10.0. The Balaban J connectivity index is 1.52. The van der Waals surface area contributed by atoms with E-state index in [1.165, 1.54) is 48.5 Å². The van der Waals surface area contributed by atoms with Crippen molar-refractivity contribution >= 4 is 29.5 Å². The summed E-state index contributed by atoms with van der Waals surface area (Å²) in [6.07, 6.45) is 1.00. The van der Waals surface area contributed by atoms with E-state index in [4.69, 9.17) is 9.47 Å². The molecule has 202 valence electrons. The third kappa shape index (κ3) is 9.46. The standard InChI is InChI=1S/C24H28N6O8/c31-23(37-15-18-3-7-20(8-4-18)29(33)34)27-22(26-12-1-2-17-11-13-25-14-17)28-24(32)38-16-19-5-9-21(10-6-19)30(35)36/h3-10,17,25H,1-2,11-16H2,(H2,26,27,28,31,32)/t17-/m0/s1. The summed E-state index contributed by atoms with van der Waals surface area (Å²) in [6.45, 7) is 1.98. The highest BCUT2D eigenvalue weighted by atomic mass is 16.6. The van der Waals surface area contributed by atoms with Crippen molar-refractivity contribution in [2.45, 2.75) is 32.5 Å². The lowest BCUT2D eigenvalue weighted by Gasteiger charge is -2.12. The van der Waals surface area contributed by atoms with Crippen molar-refractivity contribution in [1.82, 2.24) is 16.0 Å². The van der Waals surface area contributed by atoms with Crippen LogP contribution in [0.2, 0.25) is 0 Å². The Morgan fingerprint density at radius 1 is 0.895 bits per heavy atom. The number of nitro benzene ring substituents is 2. The molecule has 2 aromatic carbocycles. The summed E-state index contributed by atoms with van der Waals surface area (Å²) in [6, 6.07) is 11.0. The third-order valence-corrected chi connectivity index (χ3v) is 5.68. The number of nitrogens with one attached hydrogen (secondary N) is 3. The van der Waals surface area contributed by atoms with E-state index in [-0.39, 0.29) is 30.5 Å². The molecule has 14 heteroatoms. The van der Waals surface area contributed by atoms with E-state index in [2.05, 4.69) is 20.9 Å². The number of nitrogens with zero attached hydrogens (tertiary/aromatic N) is 3. The highest BCUT2D eigenvalue weighted by Gasteiger charge is 2.15. The molecular formula is C24H28N6O8. The average Bonchev–Trinajstić information content (AvgIpc) is 3.43. The highest BCUT2D eigenvalue weighted by Crippen LogP contribution is 2.15. The van der Waals surface area contributed by atoms with E-state index in [1.807, 2.05) is 0 Å². The van der Waals surface area contributed by atoms with E-state index in [0.29, 0.717) is 23.6 Å². The van der Waals surface area contributed by atoms with Gasteiger partial charge in [-0.1, -0.05) is 0 Å². The molecule has 0 radical (unpaired) electrons. The van der Waals surface area contributed by atoms with Gasteiger partial charge in [0.2, 0.25) is 5.96 Å². The van der Waals surface area contributed by atoms with Gasteiger partial charge in [-0.15, -0.1) is 0 Å². The van der Waals surface area contributed by atoms with E-state index >= 15 is 0 Å². The number of ether oxygens (including phenoxy) is 2. The Hall–Kier alpha value is -4.59. The number of carbonyl (C=O) groups is 2. The van der Waals surface area contributed by atoms with Gasteiger partial charge in [-0.3, -0.25) is 35.9 Å². The predicted octanol–water partition coefficient (Wildman–Crippen LogP) is 3.40. The number of benzene rings is 2. The smallest absolute Gasteiger partial charge is 0.414 e. The van der Waals surface area contributed by atoms with Gasteiger partial charge in [0.25, 0.3) is 11.4 Å². The van der Waals surface area contributed by atoms with E-state index in [1.54, 1.807) is 0 Å². The van der Waals surface area contributed by atoms with Crippen LogP contribution in [0, 0.1) is 26.1 Å². The van der Waals surface area contributed by atoms with Gasteiger partial charge in [0.15, 0.2) is 0 Å². The molecular weight excluding hydrogens is 500 g/mol. The normalized spacial score (nSPS) is 14.3. The molecule has 2 amide bonds. The van der Waals surface area contributed by atoms with E-state index in [0.717, 1.165) is 32.4 Å². The minimum atomic E-state index is -0.891. The lowest BCUT2D eigenvalue weighted by Crippen LogP contribution is -2.44. The lowest BCUT2D eigenvalue weighted by molar-refractivity contribution is -0.385. The number of nitro groups is 2. The molecule has 0 bridgehead atoms. The van der Waals surface area contributed by atoms with Crippen molar-refractivity contribution in [1.29, 1.82) is 0 Å². The zero-order chi connectivity index (χ0) is 27.3. The Labute approximate surface area is 217 Å². The summed E-state index contributed by atoms with van der Waals surface area (Å²) in [4.78, 5) is 49.3. The first-order chi connectivity index (χ1) is 18.3. The van der Waals surface area contributed by atoms with Crippen molar-refractivity contribution < 1.29 is 28.9 Å². The van der Waals surface area contributed by atoms with Crippen LogP contribution < -0.4 is 16.0 Å². The Morgan fingerprint density at radius 2 is 1.39 bits per heavy atom. The molecule has 0 unspecified atom stereocenters. The van der Waals surface area contributed by atoms with Crippen LogP contribution in [-0.4, -0.2) is 47.6 Å². The van der Waals surface area contributed by atoms with Gasteiger partial charge in [0, 0.05) is 30.8 Å². The number of aliphatic imine (C=N–C) groups is 1. The monoisotopic (exact) mass is 528 g/mol. The highest BCUT2D eigenvalue weighted by molar-refractivity contribution is 6.01. The van der Waals surface area contributed by atoms with Crippen LogP contribution in [0.1, 0.15) is 30.4 Å². The van der Waals surface area contributed by atoms with Crippen molar-refractivity contribution in [2.75, 3.05) is 19.6 Å². The first-order valence-electron chi connectivity index (χ1n) is 11.9. The summed E-state index contributed by atoms with van der Waals surface area (Å²) in [5.74, 6) is 0.407. The largest absolute Gasteiger partial charge is 0.444 e. The molecule has 1 saturated heterocycles. The Kier molecular flexibility index (Phi) is 10.5. The fourth-order valence-electron chi connectivity index (χ4n) is 3.63. The molecule has 38 heavy (non-hydrogen) atoms. The zero-order valence-corrected chi connectivity index (χ0v) is 20.5. The topological polar surface area (TPSA) is 187 Å². The first kappa shape index (κ1) is 28.0. The number of guanidine groups is 1. The maximum absolute atomic E-state index is 12.3. The predicted molar refractivity (Wildman–Crippen MR) is 135 cm³/mol. The van der Waals surface area contributed by atoms with Crippen LogP contribution in [0.3, 0.4) is 0 Å². The number of amides is 2. The number of non-ortho nitro benzene ring substituents is 2. The molecule has 3 rings (SSSR count). The van der Waals surface area contributed by atoms with Crippen molar-refractivity contribution in [2.24, 2.45) is 10.9 Å². The van der Waals surface area contributed by atoms with Gasteiger partial charge in [0.1, 0.15) is 13.2 Å². The second-order valence-corrected chi connectivity index (χ2v) is 8.48. The summed E-state index contributed by atoms with van der Waals surface area (Å²) in [5, 5.41) is 29.6. The molecule has 0 aliphatic carbocycles. The van der Waals surface area contributed by atoms with Gasteiger partial charge in [-0.2, -0.15) is 0 Å². The van der Waals surface area contributed by atoms with Crippen LogP contribution in [0.4, 0.5) is 21.0 Å². The van der Waals surface area contributed by atoms with Gasteiger partial charge >= 0.3 is 12.2 Å². The summed E-state index contributed by atoms with van der Waals surface area (Å²) in [5.41, 5.74) is 0.893. The molecule has 0 spiro atoms. The molecule has 0 aromatic heterocycles. The van der Waals surface area contributed by atoms with Gasteiger partial charge < -0.3 is 14.8 Å². The molecule has 2 aromatic rings. The summed E-state index contributed by atoms with van der Waals surface area (Å²) >= 11 is 0. The van der Waals surface area contributed by atoms with E-state index < -0.39 is 22.0 Å². The number of hydrogen-bond donors (Lipinski definition) is 3. The maximum atomic E-state index is 12.3. The van der Waals surface area contributed by atoms with Gasteiger partial charge in [-0.25, -0.2) is 9.59 Å². The van der Waals surface area contributed by atoms with Crippen LogP contribution in [-0.2, 0) is 22.7 Å². The molecule has 1 aliphatic rings. The fourth-order valence-corrected chi connectivity index (χ4v) is 3.63. The van der Waals surface area contributed by atoms with Crippen molar-refractivity contribution in [3.63, 3.8) is 0 Å². The minimum Gasteiger partial charge on any atom is -0.444 e. The second kappa shape index (κ2) is 14.2. The molecule has 0 saturated carbocycles. The summed E-state index contributed by atoms with van der Waals surface area (Å²) < 4.78 is 10.3. The zero-order valence-electron chi connectivity index (χ0n) is 20.5. The number of rotatable bonds is 10. The van der Waals surface area contributed by atoms with Crippen LogP contribution in [0.25, 0.3) is 0 Å². The molecule has 3 N–H and O–H groups in total. The van der Waals surface area contributed by atoms with Crippen LogP contribution in [0.15, 0.2) is 53.5 Å². The fraction of sp³-hybridized carbons (Fsp3) is 0.375. The van der Waals surface area contributed by atoms with Gasteiger partial charge in [-0.05, 0) is 73.7 Å². The SMILES string of the molecule is O=C(NC(=NCCC[C@H]1CCNC1)NC(=O)OCc1ccc([N+](=O)[O-])cc1)OCc1ccc([N+](=O)[O-])cc1. The number of alkyl carbamates (subject to hydrolysis) is 2. The summed E-state index contributed by atoms with van der Waals surface area (Å²) in [7, 11) is 0. The molecule has 1 atom stereocenters. The van der Waals surface area contributed by atoms with Crippen molar-refractivity contribution in [3.8, 4) is 0 Å². The average molecular weight is 529 g/mol. The first-order valence-corrected chi connectivity index (χ1v) is 11.9. The minimum absolute atomic E-state index is 0.0857. The van der Waals surface area contributed by atoms with Gasteiger partial charge in [0.05, 0.1) is 9.85 Å². The number of carbonyl (C=O) groups excluding carboxylic acids is 2. The number of hydrogen-bond acceptors (Lipinski definition) is 10. The molecule has 1 fully saturated rings. The Bertz CT molecular complexity index is 1070. The quantitative estimate of drug-likeness (QED) is 0.136. The van der Waals surface area contributed by atoms with Crippen LogP contribution in [0.5, 0.6) is 0 Å². The molecule has 1 aliphatic heterocycles. The van der Waals surface area contributed by atoms with Crippen molar-refractivity contribution in [3.05, 3.63) is 79.9 Å². The second-order valence-electron chi connectivity index (χ2n) is 8.48. The Morgan fingerprint density at radius 3 is 1.82 bits per heavy atom. The molecule has 1 heterocycles. The van der Waals surface area contributed by atoms with E-state index in [9.17, 15) is 29.8 Å².